The van der Waals surface area contributed by atoms with Crippen LogP contribution in [0.1, 0.15) is 110 Å². The van der Waals surface area contributed by atoms with E-state index in [4.69, 9.17) is 13.3 Å². The second-order valence-corrected chi connectivity index (χ2v) is 34.8. The number of thiophene rings is 1. The molecule has 0 saturated heterocycles. The van der Waals surface area contributed by atoms with E-state index in [-0.39, 0.29) is 29.1 Å². The standard InChI is InChI=1S/C19H15N.C16H13N3.C16H16O.C16H16S.C13H10O.C13H10S.C10H9N.C7H9N.C6H7N/c1-14-8-7-12-17-16-11-5-6-13-18(16)20(19(14)17)15-9-3-2-4-10-15;1-12-17-15(13-8-4-2-5-9-13)19-16(18-12)14-10-6-3-7-11-14;2*1-11-7-6-9-13-15(11)17-14-10-5-4-8-12(14)16(13,2)3;2*1-9-5-4-7-11-10-6-2-3-8-12(10)14-13(9)11;1-8-4-2-5-9-6-3-7-11-10(8)9;1-6-3-4-8-7(2)5-6;1-6-4-2-3-5-7-6/h2-13H,1H3;2-11H,1H3;2*4-10H,1-3H3;2*2-8H,1H3;2-7H,1H3;3-5H,1-2H3;2-5H,1H3/i;;;;;;;3D,4D,5D;. The number of aromatic nitrogens is 7. The highest BCUT2D eigenvalue weighted by molar-refractivity contribution is 7.99. The number of ether oxygens (including phenoxy) is 1. The van der Waals surface area contributed by atoms with Crippen LogP contribution in [0.4, 0.5) is 0 Å². The maximum atomic E-state index is 7.42. The molecule has 0 spiro atoms. The lowest BCUT2D eigenvalue weighted by Crippen LogP contribution is -2.24. The molecule has 7 aromatic heterocycles. The fraction of sp³-hybridized carbons (Fsp3) is 0.138. The molecule has 0 atom stereocenters. The Hall–Kier alpha value is -14.2. The molecule has 0 amide bonds. The minimum absolute atomic E-state index is 0.0101. The van der Waals surface area contributed by atoms with Crippen molar-refractivity contribution in [3.05, 3.63) is 461 Å². The highest BCUT2D eigenvalue weighted by atomic mass is 32.2. The largest absolute Gasteiger partial charge is 0.456 e. The lowest BCUT2D eigenvalue weighted by Gasteiger charge is -2.35. The zero-order valence-electron chi connectivity index (χ0n) is 77.4. The van der Waals surface area contributed by atoms with Crippen LogP contribution < -0.4 is 4.74 Å². The first kappa shape index (κ1) is 83.7. The Balaban J connectivity index is 0.000000113. The maximum Gasteiger partial charge on any atom is 0.163 e. The molecule has 0 unspecified atom stereocenters. The van der Waals surface area contributed by atoms with Gasteiger partial charge in [-0.25, -0.2) is 15.0 Å². The van der Waals surface area contributed by atoms with Crippen molar-refractivity contribution >= 4 is 97.9 Å². The van der Waals surface area contributed by atoms with Gasteiger partial charge in [-0.15, -0.1) is 11.3 Å². The van der Waals surface area contributed by atoms with E-state index >= 15 is 0 Å². The van der Waals surface area contributed by atoms with Gasteiger partial charge in [-0.1, -0.05) is 331 Å². The van der Waals surface area contributed by atoms with Gasteiger partial charge in [0.05, 0.1) is 20.7 Å². The number of rotatable bonds is 3. The van der Waals surface area contributed by atoms with Crippen molar-refractivity contribution in [1.82, 2.24) is 34.5 Å². The van der Waals surface area contributed by atoms with E-state index in [1.807, 2.05) is 158 Å². The molecule has 0 radical (unpaired) electrons. The lowest BCUT2D eigenvalue weighted by atomic mass is 9.75. The summed E-state index contributed by atoms with van der Waals surface area (Å²) in [6.45, 7) is 29.2. The van der Waals surface area contributed by atoms with Crippen LogP contribution >= 0.6 is 23.1 Å². The smallest absolute Gasteiger partial charge is 0.163 e. The molecule has 11 heteroatoms. The highest BCUT2D eigenvalue weighted by Crippen LogP contribution is 2.51. The lowest BCUT2D eigenvalue weighted by molar-refractivity contribution is 0.415. The van der Waals surface area contributed by atoms with Gasteiger partial charge in [-0.05, 0) is 192 Å². The molecule has 0 fully saturated rings. The van der Waals surface area contributed by atoms with E-state index in [1.54, 1.807) is 20.0 Å². The Kier molecular flexibility index (Phi) is 26.5. The van der Waals surface area contributed by atoms with Crippen molar-refractivity contribution in [3.63, 3.8) is 0 Å². The molecule has 9 nitrogen and oxygen atoms in total. The Morgan fingerprint density at radius 2 is 0.898 bits per heavy atom. The van der Waals surface area contributed by atoms with E-state index in [1.165, 1.54) is 129 Å². The second kappa shape index (κ2) is 40.2. The van der Waals surface area contributed by atoms with Gasteiger partial charge < -0.3 is 13.7 Å². The fourth-order valence-electron chi connectivity index (χ4n) is 16.2. The third-order valence-electron chi connectivity index (χ3n) is 22.7. The third kappa shape index (κ3) is 20.3. The number of pyridine rings is 3. The van der Waals surface area contributed by atoms with Crippen molar-refractivity contribution in [2.24, 2.45) is 0 Å². The Labute approximate surface area is 758 Å². The molecule has 14 aromatic carbocycles. The molecular formula is C116H105N7O2S2. The number of nitrogens with zero attached hydrogens (tertiary/aromatic N) is 7. The molecule has 0 aliphatic carbocycles. The first-order valence-electron chi connectivity index (χ1n) is 44.4. The first-order chi connectivity index (χ1) is 62.9. The van der Waals surface area contributed by atoms with Crippen molar-refractivity contribution < 1.29 is 13.3 Å². The van der Waals surface area contributed by atoms with Crippen LogP contribution in [0.15, 0.2) is 397 Å². The van der Waals surface area contributed by atoms with Crippen LogP contribution in [-0.4, -0.2) is 34.5 Å². The van der Waals surface area contributed by atoms with Crippen LogP contribution in [0.2, 0.25) is 0 Å². The molecular weight excluding hydrogens is 1590 g/mol. The summed E-state index contributed by atoms with van der Waals surface area (Å²) < 4.78 is 38.9. The van der Waals surface area contributed by atoms with Crippen LogP contribution in [0, 0.1) is 69.2 Å². The maximum absolute atomic E-state index is 7.42. The summed E-state index contributed by atoms with van der Waals surface area (Å²) in [7, 11) is 0. The summed E-state index contributed by atoms with van der Waals surface area (Å²) in [5.74, 6) is 4.17. The number of aryl methyl sites for hydroxylation is 9. The normalized spacial score (nSPS) is 12.3. The van der Waals surface area contributed by atoms with Crippen LogP contribution in [0.5, 0.6) is 11.5 Å². The van der Waals surface area contributed by atoms with Crippen molar-refractivity contribution in [3.8, 4) is 40.0 Å². The summed E-state index contributed by atoms with van der Waals surface area (Å²) in [5, 5.41) is 9.04. The van der Waals surface area contributed by atoms with Gasteiger partial charge in [0.25, 0.3) is 0 Å². The molecule has 2 aliphatic rings. The third-order valence-corrected chi connectivity index (χ3v) is 25.4. The molecule has 127 heavy (non-hydrogen) atoms. The second-order valence-electron chi connectivity index (χ2n) is 32.7. The number of hydrogen-bond donors (Lipinski definition) is 0. The number of para-hydroxylation sites is 8. The minimum Gasteiger partial charge on any atom is -0.456 e. The first-order valence-corrected chi connectivity index (χ1v) is 44.5. The predicted octanol–water partition coefficient (Wildman–Crippen LogP) is 31.7. The molecule has 0 N–H and O–H groups in total. The highest BCUT2D eigenvalue weighted by Gasteiger charge is 2.35. The SMILES string of the molecule is Cc1cccc2c1Oc1ccccc1C2(C)C.Cc1cccc2c1Sc1ccccc1C2(C)C.Cc1cccc2c1oc1ccccc12.Cc1cccc2c1sc1ccccc12.Cc1cccc2c3ccccc3n(-c3ccccc3)c12.Cc1cccc2cccnc12.Cc1ccccn1.Cc1nc(-c2ccccc2)nc(-c2ccccc2)n1.[2H]c1nc(C)c([2H])c(C)c1[2H]. The van der Waals surface area contributed by atoms with Gasteiger partial charge >= 0.3 is 0 Å². The molecule has 23 rings (SSSR count). The molecule has 2 aliphatic heterocycles. The predicted molar refractivity (Wildman–Crippen MR) is 536 cm³/mol. The molecule has 21 aromatic rings. The van der Waals surface area contributed by atoms with E-state index in [2.05, 4.69) is 340 Å². The van der Waals surface area contributed by atoms with Crippen LogP contribution in [0.3, 0.4) is 0 Å². The van der Waals surface area contributed by atoms with Crippen LogP contribution in [-0.2, 0) is 10.8 Å². The Morgan fingerprint density at radius 3 is 1.60 bits per heavy atom. The number of hydrogen-bond acceptors (Lipinski definition) is 10. The minimum atomic E-state index is -0.0454. The average Bonchev–Trinajstić information content (AvgIpc) is 1.58. The molecule has 0 bridgehead atoms. The summed E-state index contributed by atoms with van der Waals surface area (Å²) in [4.78, 5) is 28.2. The average molecular weight is 1700 g/mol. The monoisotopic (exact) mass is 1690 g/mol. The van der Waals surface area contributed by atoms with Crippen LogP contribution in [0.25, 0.3) is 103 Å². The Morgan fingerprint density at radius 1 is 0.370 bits per heavy atom. The molecule has 9 heterocycles. The van der Waals surface area contributed by atoms with Gasteiger partial charge in [-0.3, -0.25) is 15.0 Å². The number of fused-ring (bicyclic) bond motifs is 14. The molecule has 628 valence electrons. The zero-order chi connectivity index (χ0) is 91.2. The fourth-order valence-corrected chi connectivity index (χ4v) is 18.8. The summed E-state index contributed by atoms with van der Waals surface area (Å²) >= 11 is 3.80. The van der Waals surface area contributed by atoms with Crippen molar-refractivity contribution in [1.29, 1.82) is 0 Å². The van der Waals surface area contributed by atoms with Gasteiger partial charge in [0.1, 0.15) is 28.5 Å². The summed E-state index contributed by atoms with van der Waals surface area (Å²) in [5.41, 5.74) is 24.3. The summed E-state index contributed by atoms with van der Waals surface area (Å²) in [6, 6.07) is 122. The Bertz CT molecular complexity index is 7240. The van der Waals surface area contributed by atoms with E-state index in [9.17, 15) is 0 Å². The van der Waals surface area contributed by atoms with Crippen molar-refractivity contribution in [2.75, 3.05) is 0 Å². The zero-order valence-corrected chi connectivity index (χ0v) is 76.0. The van der Waals surface area contributed by atoms with E-state index < -0.39 is 0 Å². The van der Waals surface area contributed by atoms with E-state index in [0.717, 1.165) is 50.8 Å². The summed E-state index contributed by atoms with van der Waals surface area (Å²) in [6.07, 6.45) is 3.57. The number of furan rings is 1. The topological polar surface area (TPSA) is 105 Å². The van der Waals surface area contributed by atoms with E-state index in [0.29, 0.717) is 22.9 Å². The number of benzene rings is 14. The van der Waals surface area contributed by atoms with Gasteiger partial charge in [-0.2, -0.15) is 0 Å². The van der Waals surface area contributed by atoms with Crippen molar-refractivity contribution in [2.45, 2.75) is 118 Å². The van der Waals surface area contributed by atoms with Gasteiger partial charge in [0, 0.05) is 126 Å². The van der Waals surface area contributed by atoms with Gasteiger partial charge in [0.2, 0.25) is 0 Å². The quantitative estimate of drug-likeness (QED) is 0.171. The van der Waals surface area contributed by atoms with Gasteiger partial charge in [0.15, 0.2) is 11.6 Å². The molecule has 0 saturated carbocycles.